The SMILES string of the molecule is CC1(CNC(=O)COCCN)CCOCC1. The first-order valence-electron chi connectivity index (χ1n) is 5.78. The quantitative estimate of drug-likeness (QED) is 0.625. The van der Waals surface area contributed by atoms with E-state index in [9.17, 15) is 4.79 Å². The first-order chi connectivity index (χ1) is 7.66. The molecule has 0 aromatic carbocycles. The van der Waals surface area contributed by atoms with Gasteiger partial charge in [0.05, 0.1) is 6.61 Å². The highest BCUT2D eigenvalue weighted by molar-refractivity contribution is 5.77. The van der Waals surface area contributed by atoms with Crippen molar-refractivity contribution in [2.45, 2.75) is 19.8 Å². The molecular formula is C11H22N2O3. The lowest BCUT2D eigenvalue weighted by atomic mass is 9.82. The van der Waals surface area contributed by atoms with Gasteiger partial charge in [-0.05, 0) is 18.3 Å². The number of hydrogen-bond donors (Lipinski definition) is 2. The first kappa shape index (κ1) is 13.4. The molecule has 16 heavy (non-hydrogen) atoms. The van der Waals surface area contributed by atoms with Crippen molar-refractivity contribution in [1.82, 2.24) is 5.32 Å². The molecule has 1 rings (SSSR count). The Hall–Kier alpha value is -0.650. The molecule has 3 N–H and O–H groups in total. The molecule has 0 aromatic rings. The van der Waals surface area contributed by atoms with Crippen LogP contribution in [0.15, 0.2) is 0 Å². The summed E-state index contributed by atoms with van der Waals surface area (Å²) in [6.45, 7) is 5.43. The summed E-state index contributed by atoms with van der Waals surface area (Å²) in [5, 5.41) is 2.89. The second-order valence-electron chi connectivity index (χ2n) is 4.54. The van der Waals surface area contributed by atoms with Crippen LogP contribution in [0.1, 0.15) is 19.8 Å². The van der Waals surface area contributed by atoms with Crippen molar-refractivity contribution in [2.24, 2.45) is 11.1 Å². The first-order valence-corrected chi connectivity index (χ1v) is 5.78. The Bertz CT molecular complexity index is 215. The van der Waals surface area contributed by atoms with Crippen molar-refractivity contribution in [3.05, 3.63) is 0 Å². The van der Waals surface area contributed by atoms with Gasteiger partial charge in [-0.3, -0.25) is 4.79 Å². The Morgan fingerprint density at radius 1 is 1.50 bits per heavy atom. The normalized spacial score (nSPS) is 19.4. The van der Waals surface area contributed by atoms with Crippen LogP contribution in [-0.2, 0) is 14.3 Å². The summed E-state index contributed by atoms with van der Waals surface area (Å²) in [6.07, 6.45) is 1.99. The third kappa shape index (κ3) is 4.92. The second kappa shape index (κ2) is 6.83. The second-order valence-corrected chi connectivity index (χ2v) is 4.54. The van der Waals surface area contributed by atoms with Crippen molar-refractivity contribution in [1.29, 1.82) is 0 Å². The molecule has 1 saturated heterocycles. The van der Waals surface area contributed by atoms with Crippen LogP contribution in [-0.4, -0.2) is 45.4 Å². The minimum absolute atomic E-state index is 0.0684. The van der Waals surface area contributed by atoms with Gasteiger partial charge in [0.25, 0.3) is 0 Å². The van der Waals surface area contributed by atoms with E-state index in [0.29, 0.717) is 19.7 Å². The van der Waals surface area contributed by atoms with Crippen molar-refractivity contribution >= 4 is 5.91 Å². The van der Waals surface area contributed by atoms with E-state index in [1.54, 1.807) is 0 Å². The molecule has 0 saturated carbocycles. The average Bonchev–Trinajstić information content (AvgIpc) is 2.28. The van der Waals surface area contributed by atoms with E-state index in [1.807, 2.05) is 0 Å². The molecule has 0 atom stereocenters. The standard InChI is InChI=1S/C11H22N2O3/c1-11(2-5-15-6-3-11)9-13-10(14)8-16-7-4-12/h2-9,12H2,1H3,(H,13,14). The lowest BCUT2D eigenvalue weighted by Gasteiger charge is -2.33. The summed E-state index contributed by atoms with van der Waals surface area (Å²) >= 11 is 0. The topological polar surface area (TPSA) is 73.6 Å². The number of rotatable bonds is 6. The maximum absolute atomic E-state index is 11.4. The molecule has 0 unspecified atom stereocenters. The predicted molar refractivity (Wildman–Crippen MR) is 61.0 cm³/mol. The molecule has 0 radical (unpaired) electrons. The maximum atomic E-state index is 11.4. The van der Waals surface area contributed by atoms with Crippen molar-refractivity contribution < 1.29 is 14.3 Å². The van der Waals surface area contributed by atoms with Gasteiger partial charge in [-0.2, -0.15) is 0 Å². The van der Waals surface area contributed by atoms with Crippen LogP contribution >= 0.6 is 0 Å². The van der Waals surface area contributed by atoms with Gasteiger partial charge in [-0.15, -0.1) is 0 Å². The largest absolute Gasteiger partial charge is 0.381 e. The van der Waals surface area contributed by atoms with E-state index in [2.05, 4.69) is 12.2 Å². The van der Waals surface area contributed by atoms with E-state index < -0.39 is 0 Å². The molecule has 5 heteroatoms. The summed E-state index contributed by atoms with van der Waals surface area (Å²) in [4.78, 5) is 11.4. The molecule has 1 aliphatic heterocycles. The van der Waals surface area contributed by atoms with E-state index in [1.165, 1.54) is 0 Å². The van der Waals surface area contributed by atoms with Crippen molar-refractivity contribution in [3.63, 3.8) is 0 Å². The summed E-state index contributed by atoms with van der Waals surface area (Å²) in [5.74, 6) is -0.0684. The summed E-state index contributed by atoms with van der Waals surface area (Å²) in [6, 6.07) is 0. The highest BCUT2D eigenvalue weighted by atomic mass is 16.5. The van der Waals surface area contributed by atoms with Crippen molar-refractivity contribution in [3.8, 4) is 0 Å². The molecule has 0 aromatic heterocycles. The lowest BCUT2D eigenvalue weighted by Crippen LogP contribution is -2.40. The van der Waals surface area contributed by atoms with Crippen LogP contribution in [0.3, 0.4) is 0 Å². The molecule has 94 valence electrons. The van der Waals surface area contributed by atoms with Crippen LogP contribution in [0.4, 0.5) is 0 Å². The number of nitrogens with one attached hydrogen (secondary N) is 1. The van der Waals surface area contributed by atoms with Crippen LogP contribution in [0, 0.1) is 5.41 Å². The lowest BCUT2D eigenvalue weighted by molar-refractivity contribution is -0.126. The Balaban J connectivity index is 2.14. The number of hydrogen-bond acceptors (Lipinski definition) is 4. The van der Waals surface area contributed by atoms with Gasteiger partial charge >= 0.3 is 0 Å². The summed E-state index contributed by atoms with van der Waals surface area (Å²) in [5.41, 5.74) is 5.42. The maximum Gasteiger partial charge on any atom is 0.246 e. The molecule has 0 spiro atoms. The molecule has 1 fully saturated rings. The predicted octanol–water partition coefficient (Wildman–Crippen LogP) is -0.105. The molecule has 0 aliphatic carbocycles. The van der Waals surface area contributed by atoms with Crippen LogP contribution in [0.25, 0.3) is 0 Å². The third-order valence-electron chi connectivity index (χ3n) is 2.91. The van der Waals surface area contributed by atoms with Gasteiger partial charge in [0, 0.05) is 26.3 Å². The van der Waals surface area contributed by atoms with Gasteiger partial charge < -0.3 is 20.5 Å². The highest BCUT2D eigenvalue weighted by Gasteiger charge is 2.27. The molecule has 5 nitrogen and oxygen atoms in total. The number of carbonyl (C=O) groups is 1. The molecular weight excluding hydrogens is 208 g/mol. The molecule has 1 aliphatic rings. The van der Waals surface area contributed by atoms with E-state index in [0.717, 1.165) is 26.1 Å². The number of carbonyl (C=O) groups excluding carboxylic acids is 1. The molecule has 1 heterocycles. The zero-order valence-electron chi connectivity index (χ0n) is 9.96. The van der Waals surface area contributed by atoms with Crippen LogP contribution in [0.5, 0.6) is 0 Å². The fourth-order valence-electron chi connectivity index (χ4n) is 1.65. The zero-order valence-corrected chi connectivity index (χ0v) is 9.96. The minimum Gasteiger partial charge on any atom is -0.381 e. The number of nitrogens with two attached hydrogens (primary N) is 1. The van der Waals surface area contributed by atoms with Crippen LogP contribution in [0.2, 0.25) is 0 Å². The van der Waals surface area contributed by atoms with Gasteiger partial charge in [0.1, 0.15) is 6.61 Å². The third-order valence-corrected chi connectivity index (χ3v) is 2.91. The van der Waals surface area contributed by atoms with Crippen LogP contribution < -0.4 is 11.1 Å². The Morgan fingerprint density at radius 3 is 2.81 bits per heavy atom. The highest BCUT2D eigenvalue weighted by Crippen LogP contribution is 2.28. The number of ether oxygens (including phenoxy) is 2. The zero-order chi connectivity index (χ0) is 11.9. The van der Waals surface area contributed by atoms with Gasteiger partial charge in [-0.25, -0.2) is 0 Å². The number of amides is 1. The Labute approximate surface area is 96.7 Å². The summed E-state index contributed by atoms with van der Waals surface area (Å²) < 4.78 is 10.4. The smallest absolute Gasteiger partial charge is 0.246 e. The minimum atomic E-state index is -0.0684. The Kier molecular flexibility index (Phi) is 5.73. The Morgan fingerprint density at radius 2 is 2.19 bits per heavy atom. The average molecular weight is 230 g/mol. The fourth-order valence-corrected chi connectivity index (χ4v) is 1.65. The van der Waals surface area contributed by atoms with Gasteiger partial charge in [-0.1, -0.05) is 6.92 Å². The van der Waals surface area contributed by atoms with E-state index >= 15 is 0 Å². The van der Waals surface area contributed by atoms with E-state index in [4.69, 9.17) is 15.2 Å². The molecule has 0 bridgehead atoms. The van der Waals surface area contributed by atoms with Crippen molar-refractivity contribution in [2.75, 3.05) is 39.5 Å². The molecule has 1 amide bonds. The fraction of sp³-hybridized carbons (Fsp3) is 0.909. The van der Waals surface area contributed by atoms with Gasteiger partial charge in [0.15, 0.2) is 0 Å². The van der Waals surface area contributed by atoms with Gasteiger partial charge in [0.2, 0.25) is 5.91 Å². The summed E-state index contributed by atoms with van der Waals surface area (Å²) in [7, 11) is 0. The van der Waals surface area contributed by atoms with E-state index in [-0.39, 0.29) is 17.9 Å². The monoisotopic (exact) mass is 230 g/mol.